The molecule has 0 amide bonds. The van der Waals surface area contributed by atoms with Crippen molar-refractivity contribution in [2.45, 2.75) is 40.5 Å². The van der Waals surface area contributed by atoms with Crippen molar-refractivity contribution in [2.24, 2.45) is 5.41 Å². The first-order valence-corrected chi connectivity index (χ1v) is 14.6. The number of ether oxygens (including phenoxy) is 2. The van der Waals surface area contributed by atoms with Gasteiger partial charge in [-0.15, -0.1) is 0 Å². The SMILES string of the molecule is CCOC(=O)c1cc(-c2ccc(N3CCOCC3)cc2)c2c(C(C)C)nn(-c3cccc(N4CC(C)(C)C4)c3)c2n1. The van der Waals surface area contributed by atoms with Crippen molar-refractivity contribution in [2.75, 3.05) is 55.8 Å². The van der Waals surface area contributed by atoms with Crippen molar-refractivity contribution in [3.8, 4) is 16.8 Å². The van der Waals surface area contributed by atoms with Crippen molar-refractivity contribution in [3.05, 3.63) is 66.0 Å². The minimum absolute atomic E-state index is 0.153. The van der Waals surface area contributed by atoms with Gasteiger partial charge in [0.2, 0.25) is 0 Å². The highest BCUT2D eigenvalue weighted by atomic mass is 16.5. The predicted molar refractivity (Wildman–Crippen MR) is 163 cm³/mol. The van der Waals surface area contributed by atoms with Gasteiger partial charge in [-0.1, -0.05) is 45.9 Å². The van der Waals surface area contributed by atoms with Crippen LogP contribution in [-0.2, 0) is 9.47 Å². The fourth-order valence-corrected chi connectivity index (χ4v) is 5.93. The average molecular weight is 554 g/mol. The van der Waals surface area contributed by atoms with E-state index < -0.39 is 5.97 Å². The lowest BCUT2D eigenvalue weighted by molar-refractivity contribution is 0.0520. The molecule has 4 aromatic rings. The molecule has 0 N–H and O–H groups in total. The van der Waals surface area contributed by atoms with Gasteiger partial charge in [0, 0.05) is 37.6 Å². The molecule has 8 heteroatoms. The second-order valence-corrected chi connectivity index (χ2v) is 12.1. The summed E-state index contributed by atoms with van der Waals surface area (Å²) >= 11 is 0. The zero-order valence-electron chi connectivity index (χ0n) is 24.7. The molecular formula is C33H39N5O3. The smallest absolute Gasteiger partial charge is 0.357 e. The minimum Gasteiger partial charge on any atom is -0.461 e. The monoisotopic (exact) mass is 553 g/mol. The van der Waals surface area contributed by atoms with E-state index in [1.54, 1.807) is 0 Å². The van der Waals surface area contributed by atoms with E-state index in [1.807, 2.05) is 17.7 Å². The van der Waals surface area contributed by atoms with Gasteiger partial charge in [-0.05, 0) is 65.8 Å². The molecule has 0 bridgehead atoms. The van der Waals surface area contributed by atoms with E-state index in [0.29, 0.717) is 11.1 Å². The van der Waals surface area contributed by atoms with E-state index in [4.69, 9.17) is 19.6 Å². The Labute approximate surface area is 241 Å². The van der Waals surface area contributed by atoms with Crippen molar-refractivity contribution < 1.29 is 14.3 Å². The van der Waals surface area contributed by atoms with Gasteiger partial charge in [0.1, 0.15) is 0 Å². The summed E-state index contributed by atoms with van der Waals surface area (Å²) in [5, 5.41) is 6.08. The maximum Gasteiger partial charge on any atom is 0.357 e. The number of hydrogen-bond acceptors (Lipinski definition) is 7. The summed E-state index contributed by atoms with van der Waals surface area (Å²) in [4.78, 5) is 22.6. The largest absolute Gasteiger partial charge is 0.461 e. The third kappa shape index (κ3) is 5.28. The Morgan fingerprint density at radius 2 is 1.68 bits per heavy atom. The van der Waals surface area contributed by atoms with E-state index in [2.05, 4.69) is 86.0 Å². The van der Waals surface area contributed by atoms with Crippen molar-refractivity contribution in [3.63, 3.8) is 0 Å². The fourth-order valence-electron chi connectivity index (χ4n) is 5.93. The third-order valence-electron chi connectivity index (χ3n) is 7.93. The van der Waals surface area contributed by atoms with Crippen molar-refractivity contribution in [1.82, 2.24) is 14.8 Å². The number of carbonyl (C=O) groups is 1. The second kappa shape index (κ2) is 10.8. The molecule has 0 saturated carbocycles. The highest BCUT2D eigenvalue weighted by Crippen LogP contribution is 2.38. The zero-order chi connectivity index (χ0) is 28.7. The van der Waals surface area contributed by atoms with Crippen molar-refractivity contribution >= 4 is 28.4 Å². The number of fused-ring (bicyclic) bond motifs is 1. The molecule has 0 spiro atoms. The number of nitrogens with zero attached hydrogens (tertiary/aromatic N) is 5. The van der Waals surface area contributed by atoms with Gasteiger partial charge in [-0.3, -0.25) is 0 Å². The summed E-state index contributed by atoms with van der Waals surface area (Å²) in [5.41, 5.74) is 7.41. The number of pyridine rings is 1. The summed E-state index contributed by atoms with van der Waals surface area (Å²) in [6.07, 6.45) is 0. The first kappa shape index (κ1) is 27.3. The van der Waals surface area contributed by atoms with Crippen LogP contribution in [0.1, 0.15) is 56.7 Å². The van der Waals surface area contributed by atoms with Crippen LogP contribution in [-0.4, -0.2) is 66.7 Å². The van der Waals surface area contributed by atoms with E-state index in [-0.39, 0.29) is 18.2 Å². The maximum atomic E-state index is 13.0. The van der Waals surface area contributed by atoms with Crippen LogP contribution in [0.4, 0.5) is 11.4 Å². The lowest BCUT2D eigenvalue weighted by atomic mass is 9.84. The molecule has 41 heavy (non-hydrogen) atoms. The summed E-state index contributed by atoms with van der Waals surface area (Å²) in [7, 11) is 0. The number of carbonyl (C=O) groups excluding carboxylic acids is 1. The van der Waals surface area contributed by atoms with Crippen molar-refractivity contribution in [1.29, 1.82) is 0 Å². The van der Waals surface area contributed by atoms with Crippen LogP contribution in [0.2, 0.25) is 0 Å². The summed E-state index contributed by atoms with van der Waals surface area (Å²) in [6, 6.07) is 18.8. The minimum atomic E-state index is -0.434. The molecule has 6 rings (SSSR count). The Kier molecular flexibility index (Phi) is 7.20. The second-order valence-electron chi connectivity index (χ2n) is 12.1. The third-order valence-corrected chi connectivity index (χ3v) is 7.93. The lowest BCUT2D eigenvalue weighted by Gasteiger charge is -2.47. The topological polar surface area (TPSA) is 72.7 Å². The molecule has 0 aliphatic carbocycles. The van der Waals surface area contributed by atoms with Crippen LogP contribution in [0.3, 0.4) is 0 Å². The van der Waals surface area contributed by atoms with Gasteiger partial charge in [0.15, 0.2) is 11.3 Å². The Balaban J connectivity index is 1.50. The molecule has 2 aliphatic rings. The maximum absolute atomic E-state index is 13.0. The first-order valence-electron chi connectivity index (χ1n) is 14.6. The zero-order valence-corrected chi connectivity index (χ0v) is 24.7. The molecule has 2 fully saturated rings. The summed E-state index contributed by atoms with van der Waals surface area (Å²) in [6.45, 7) is 16.2. The molecule has 214 valence electrons. The van der Waals surface area contributed by atoms with Crippen LogP contribution in [0.15, 0.2) is 54.6 Å². The van der Waals surface area contributed by atoms with Gasteiger partial charge < -0.3 is 19.3 Å². The molecule has 2 aromatic heterocycles. The molecule has 4 heterocycles. The van der Waals surface area contributed by atoms with Crippen LogP contribution in [0.5, 0.6) is 0 Å². The summed E-state index contributed by atoms with van der Waals surface area (Å²) < 4.78 is 12.8. The van der Waals surface area contributed by atoms with Gasteiger partial charge in [0.25, 0.3) is 0 Å². The van der Waals surface area contributed by atoms with E-state index in [9.17, 15) is 4.79 Å². The molecular weight excluding hydrogens is 514 g/mol. The Morgan fingerprint density at radius 3 is 2.34 bits per heavy atom. The van der Waals surface area contributed by atoms with Gasteiger partial charge in [-0.2, -0.15) is 5.10 Å². The van der Waals surface area contributed by atoms with E-state index >= 15 is 0 Å². The normalized spacial score (nSPS) is 16.7. The standard InChI is InChI=1S/C33H39N5O3/c1-6-41-32(39)28-19-27(23-10-12-24(13-11-23)36-14-16-40-17-15-36)29-30(22(2)3)35-38(31(29)34-28)26-9-7-8-25(18-26)37-20-33(4,5)21-37/h7-13,18-19,22H,6,14-17,20-21H2,1-5H3. The molecule has 0 radical (unpaired) electrons. The number of benzene rings is 2. The highest BCUT2D eigenvalue weighted by molar-refractivity contribution is 6.00. The number of hydrogen-bond donors (Lipinski definition) is 0. The molecule has 0 atom stereocenters. The number of aromatic nitrogens is 3. The molecule has 0 unspecified atom stereocenters. The fraction of sp³-hybridized carbons (Fsp3) is 0.424. The van der Waals surface area contributed by atoms with Crippen LogP contribution in [0, 0.1) is 5.41 Å². The van der Waals surface area contributed by atoms with Gasteiger partial charge >= 0.3 is 5.97 Å². The molecule has 8 nitrogen and oxygen atoms in total. The quantitative estimate of drug-likeness (QED) is 0.257. The van der Waals surface area contributed by atoms with Gasteiger partial charge in [-0.25, -0.2) is 14.5 Å². The number of esters is 1. The van der Waals surface area contributed by atoms with E-state index in [1.165, 1.54) is 5.69 Å². The van der Waals surface area contributed by atoms with Crippen LogP contribution >= 0.6 is 0 Å². The number of rotatable bonds is 7. The molecule has 2 saturated heterocycles. The first-order chi connectivity index (χ1) is 19.7. The Morgan fingerprint density at radius 1 is 0.976 bits per heavy atom. The Hall–Kier alpha value is -3.91. The van der Waals surface area contributed by atoms with Crippen LogP contribution in [0.25, 0.3) is 27.8 Å². The molecule has 2 aromatic carbocycles. The molecule has 2 aliphatic heterocycles. The van der Waals surface area contributed by atoms with E-state index in [0.717, 1.165) is 73.0 Å². The predicted octanol–water partition coefficient (Wildman–Crippen LogP) is 6.07. The number of anilines is 2. The highest BCUT2D eigenvalue weighted by Gasteiger charge is 2.34. The van der Waals surface area contributed by atoms with Gasteiger partial charge in [0.05, 0.1) is 36.6 Å². The lowest BCUT2D eigenvalue weighted by Crippen LogP contribution is -2.53. The number of morpholine rings is 1. The van der Waals surface area contributed by atoms with Crippen LogP contribution < -0.4 is 9.80 Å². The average Bonchev–Trinajstić information content (AvgIpc) is 3.36. The summed E-state index contributed by atoms with van der Waals surface area (Å²) in [5.74, 6) is -0.282. The Bertz CT molecular complexity index is 1560.